The molecule has 15 atom stereocenters. The first-order chi connectivity index (χ1) is 65.6. The van der Waals surface area contributed by atoms with Gasteiger partial charge >= 0.3 is 0 Å². The van der Waals surface area contributed by atoms with Gasteiger partial charge in [0.2, 0.25) is 23.6 Å². The molecule has 3 heterocycles. The van der Waals surface area contributed by atoms with E-state index in [4.69, 9.17) is 85.6 Å². The molecule has 3 rings (SSSR count). The van der Waals surface area contributed by atoms with Crippen LogP contribution in [0.15, 0.2) is 48.6 Å². The van der Waals surface area contributed by atoms with Crippen molar-refractivity contribution in [3.05, 3.63) is 48.6 Å². The third-order valence-corrected chi connectivity index (χ3v) is 23.1. The molecule has 38 heteroatoms. The third-order valence-electron chi connectivity index (χ3n) is 23.1. The normalized spacial score (nSPS) is 21.8. The lowest BCUT2D eigenvalue weighted by Crippen LogP contribution is -2.59. The minimum atomic E-state index is -1.62. The second kappa shape index (κ2) is 83.1. The van der Waals surface area contributed by atoms with Crippen LogP contribution in [0.3, 0.4) is 0 Å². The van der Waals surface area contributed by atoms with Crippen LogP contribution in [0.5, 0.6) is 0 Å². The number of allylic oxidation sites excluding steroid dienone is 8. The summed E-state index contributed by atoms with van der Waals surface area (Å²) in [6, 6.07) is 0. The van der Waals surface area contributed by atoms with Crippen molar-refractivity contribution in [1.29, 1.82) is 0 Å². The molecule has 38 nitrogen and oxygen atoms in total. The predicted octanol–water partition coefficient (Wildman–Crippen LogP) is 4.61. The number of unbranched alkanes of at least 4 members (excludes halogenated alkanes) is 20. The van der Waals surface area contributed by atoms with E-state index in [1.807, 2.05) is 0 Å². The molecule has 0 aromatic heterocycles. The van der Waals surface area contributed by atoms with Crippen LogP contribution >= 0.6 is 0 Å². The Morgan fingerprint density at radius 1 is 0.430 bits per heavy atom. The van der Waals surface area contributed by atoms with E-state index in [0.717, 1.165) is 83.6 Å². The topological polar surface area (TPSA) is 519 Å². The number of nitrogens with one attached hydrogen (secondary N) is 4. The lowest BCUT2D eigenvalue weighted by Gasteiger charge is -2.39. The summed E-state index contributed by atoms with van der Waals surface area (Å²) in [5.41, 5.74) is -1.41. The van der Waals surface area contributed by atoms with Gasteiger partial charge in [0, 0.05) is 78.4 Å². The Kier molecular flexibility index (Phi) is 76.9. The summed E-state index contributed by atoms with van der Waals surface area (Å²) in [5.74, 6) is -2.00. The number of carbonyl (C=O) groups excluding carboxylic acids is 4. The molecule has 790 valence electrons. The fraction of sp³-hybridized carbons (Fsp3) is 0.876. The van der Waals surface area contributed by atoms with Crippen LogP contribution in [0, 0.1) is 0 Å². The molecule has 0 aliphatic carbocycles. The van der Waals surface area contributed by atoms with E-state index in [1.54, 1.807) is 0 Å². The third kappa shape index (κ3) is 61.3. The first-order valence-electron chi connectivity index (χ1n) is 50.2. The smallest absolute Gasteiger partial charge is 0.222 e. The van der Waals surface area contributed by atoms with Gasteiger partial charge in [-0.3, -0.25) is 19.2 Å². The van der Waals surface area contributed by atoms with Crippen LogP contribution in [-0.2, 0) is 99.7 Å². The number of rotatable bonds is 92. The maximum Gasteiger partial charge on any atom is 0.222 e. The number of nitrogens with zero attached hydrogens (tertiary/aromatic N) is 1. The first kappa shape index (κ1) is 125. The van der Waals surface area contributed by atoms with Gasteiger partial charge in [-0.05, 0) is 110 Å². The average molecular weight is 1940 g/mol. The van der Waals surface area contributed by atoms with Crippen LogP contribution in [-0.4, -0.2) is 405 Å². The molecule has 3 fully saturated rings. The van der Waals surface area contributed by atoms with Gasteiger partial charge < -0.3 is 168 Å². The largest absolute Gasteiger partial charge is 0.396 e. The summed E-state index contributed by atoms with van der Waals surface area (Å²) in [6.45, 7) is 5.86. The van der Waals surface area contributed by atoms with Crippen molar-refractivity contribution in [3.63, 3.8) is 0 Å². The van der Waals surface area contributed by atoms with E-state index in [9.17, 15) is 75.3 Å². The van der Waals surface area contributed by atoms with Crippen molar-refractivity contribution in [2.45, 2.75) is 336 Å². The molecular weight excluding hydrogens is 1760 g/mol. The Hall–Kier alpha value is -4.36. The Morgan fingerprint density at radius 2 is 0.815 bits per heavy atom. The lowest BCUT2D eigenvalue weighted by atomic mass is 9.98. The fourth-order valence-electron chi connectivity index (χ4n) is 15.1. The van der Waals surface area contributed by atoms with Crippen LogP contribution in [0.1, 0.15) is 232 Å². The quantitative estimate of drug-likeness (QED) is 0.0225. The average Bonchev–Trinajstić information content (AvgIpc) is 1.78. The zero-order chi connectivity index (χ0) is 98.3. The molecule has 3 saturated heterocycles. The second-order valence-corrected chi connectivity index (χ2v) is 34.8. The van der Waals surface area contributed by atoms with Crippen LogP contribution in [0.4, 0.5) is 0 Å². The molecule has 0 spiro atoms. The van der Waals surface area contributed by atoms with Crippen molar-refractivity contribution in [2.24, 2.45) is 0 Å². The number of methoxy groups -OCH3 is 1. The number of aliphatic hydroxyl groups is 12. The maximum atomic E-state index is 14.3. The summed E-state index contributed by atoms with van der Waals surface area (Å²) in [6.07, 6.45) is 30.4. The number of ether oxygens (including phenoxy) is 17. The van der Waals surface area contributed by atoms with Gasteiger partial charge in [0.15, 0.2) is 24.7 Å². The van der Waals surface area contributed by atoms with Crippen molar-refractivity contribution < 1.29 is 161 Å². The Balaban J connectivity index is 1.65. The van der Waals surface area contributed by atoms with Crippen molar-refractivity contribution in [3.8, 4) is 0 Å². The van der Waals surface area contributed by atoms with E-state index in [1.165, 1.54) is 110 Å². The highest BCUT2D eigenvalue weighted by Gasteiger charge is 2.46. The van der Waals surface area contributed by atoms with E-state index in [-0.39, 0.29) is 220 Å². The molecular formula is C97H179N5O33. The Morgan fingerprint density at radius 3 is 1.22 bits per heavy atom. The zero-order valence-electron chi connectivity index (χ0n) is 81.9. The molecule has 0 saturated carbocycles. The number of amides is 4. The molecule has 0 aromatic carbocycles. The van der Waals surface area contributed by atoms with E-state index < -0.39 is 117 Å². The summed E-state index contributed by atoms with van der Waals surface area (Å²) in [4.78, 5) is 56.1. The highest BCUT2D eigenvalue weighted by atomic mass is 16.8. The van der Waals surface area contributed by atoms with Crippen LogP contribution < -0.4 is 21.3 Å². The van der Waals surface area contributed by atoms with Gasteiger partial charge in [0.05, 0.1) is 171 Å². The van der Waals surface area contributed by atoms with Gasteiger partial charge in [-0.2, -0.15) is 0 Å². The molecule has 5 unspecified atom stereocenters. The summed E-state index contributed by atoms with van der Waals surface area (Å²) in [7, 11) is 3.35. The number of hydrogen-bond acceptors (Lipinski definition) is 34. The molecule has 16 N–H and O–H groups in total. The van der Waals surface area contributed by atoms with Gasteiger partial charge in [-0.25, -0.2) is 0 Å². The van der Waals surface area contributed by atoms with E-state index >= 15 is 0 Å². The first-order valence-corrected chi connectivity index (χ1v) is 50.2. The van der Waals surface area contributed by atoms with Gasteiger partial charge in [0.25, 0.3) is 0 Å². The lowest BCUT2D eigenvalue weighted by molar-refractivity contribution is -0.302. The van der Waals surface area contributed by atoms with Crippen molar-refractivity contribution in [2.75, 3.05) is 212 Å². The van der Waals surface area contributed by atoms with E-state index in [2.05, 4.69) is 95.7 Å². The van der Waals surface area contributed by atoms with Gasteiger partial charge in [-0.1, -0.05) is 146 Å². The van der Waals surface area contributed by atoms with Gasteiger partial charge in [-0.15, -0.1) is 0 Å². The van der Waals surface area contributed by atoms with Crippen LogP contribution in [0.25, 0.3) is 0 Å². The molecule has 0 radical (unpaired) electrons. The highest BCUT2D eigenvalue weighted by Crippen LogP contribution is 2.36. The monoisotopic (exact) mass is 1940 g/mol. The molecule has 0 aromatic rings. The Labute approximate surface area is 803 Å². The zero-order valence-corrected chi connectivity index (χ0v) is 81.9. The van der Waals surface area contributed by atoms with Crippen molar-refractivity contribution >= 4 is 23.6 Å². The molecule has 0 bridgehead atoms. The SMILES string of the molecule is CCCCC/C=C\C/C=C\CCCCCCCCC1(CCCCCCCC/C=C\C/C=C\CCCCC)OC[C@H](CN(C)CCCCCC(=O)NC(COCCC(=O)NCCOCCOCCO[C@@H]2OC(CO)[C@@H](O)C(O)[C@H]2O)(COCCC(=O)NCCOCCOCCO[C@@H]2OC(CO)[C@@H](O)C(O)[C@H]2O)COCCC(=O)NCCOCCOCCO[C@H](OC)[C@H](O)C(O)[C@H](O)CCO)O1. The molecule has 4 amide bonds. The standard InChI is InChI=1S/C97H179N5O33/c1-5-7-9-11-13-15-17-19-21-23-25-27-29-31-33-37-45-97(46-38-34-32-30-28-26-24-22-20-18-16-14-12-10-8-6-2)132-73-77(135-97)70-102(3)50-39-35-36-40-84(110)101-96(74-126-52-42-81(107)98-47-55-120-58-61-123-64-67-129-93(119-4)90(116)85(111)78(106)41-51-103,75-127-53-43-82(108)99-48-56-121-59-62-124-65-68-130-94-91(117)88(114)86(112)79(71-104)133-94)76-128-54-44-83(109)100-49-57-122-60-63-125-66-69-131-95-92(118)89(115)87(113)80(72-105)134-95/h13-16,19-22,77-80,85-95,103-106,111-118H,5-12,17-18,23-76H2,1-4H3,(H,98,107)(H,99,108)(H,100,109)(H,101,110)/b15-13-,16-14-,21-19-,22-20-/t77-,78+,79?,80?,85?,86+,87+,88?,89?,90+,91+,92+,93-,94+,95+,96?/m0/s1. The van der Waals surface area contributed by atoms with Crippen molar-refractivity contribution in [1.82, 2.24) is 26.2 Å². The molecule has 3 aliphatic heterocycles. The van der Waals surface area contributed by atoms with E-state index in [0.29, 0.717) is 19.6 Å². The number of carbonyl (C=O) groups is 4. The van der Waals surface area contributed by atoms with Gasteiger partial charge in [0.1, 0.15) is 66.6 Å². The molecule has 135 heavy (non-hydrogen) atoms. The second-order valence-electron chi connectivity index (χ2n) is 34.8. The van der Waals surface area contributed by atoms with Crippen LogP contribution in [0.2, 0.25) is 0 Å². The predicted molar refractivity (Wildman–Crippen MR) is 505 cm³/mol. The minimum absolute atomic E-state index is 0.0309. The molecule has 3 aliphatic rings. The minimum Gasteiger partial charge on any atom is -0.396 e. The number of likely N-dealkylation sites (N-methyl/N-ethyl adjacent to an activating group) is 1. The summed E-state index contributed by atoms with van der Waals surface area (Å²) < 4.78 is 97.8. The number of hydrogen-bond donors (Lipinski definition) is 16. The fourth-order valence-corrected chi connectivity index (χ4v) is 15.1. The summed E-state index contributed by atoms with van der Waals surface area (Å²) in [5, 5.41) is 131. The highest BCUT2D eigenvalue weighted by molar-refractivity contribution is 5.77. The summed E-state index contributed by atoms with van der Waals surface area (Å²) >= 11 is 0. The number of aliphatic hydroxyl groups excluding tert-OH is 12. The Bertz CT molecular complexity index is 2830. The maximum absolute atomic E-state index is 14.3.